The summed E-state index contributed by atoms with van der Waals surface area (Å²) in [5, 5.41) is 1.81. The smallest absolute Gasteiger partial charge is 0.261 e. The number of rotatable bonds is 4. The van der Waals surface area contributed by atoms with E-state index in [1.807, 2.05) is 54.6 Å². The van der Waals surface area contributed by atoms with E-state index in [9.17, 15) is 13.2 Å². The quantitative estimate of drug-likeness (QED) is 0.470. The molecule has 0 radical (unpaired) electrons. The fourth-order valence-electron chi connectivity index (χ4n) is 4.21. The van der Waals surface area contributed by atoms with Crippen LogP contribution in [0.5, 0.6) is 0 Å². The second-order valence-corrected chi connectivity index (χ2v) is 9.53. The van der Waals surface area contributed by atoms with Crippen LogP contribution in [0, 0.1) is 0 Å². The number of carbonyl (C=O) groups is 1. The first-order chi connectivity index (χ1) is 15.5. The van der Waals surface area contributed by atoms with E-state index in [0.717, 1.165) is 34.9 Å². The molecule has 1 heterocycles. The van der Waals surface area contributed by atoms with Gasteiger partial charge in [0, 0.05) is 23.2 Å². The highest BCUT2D eigenvalue weighted by molar-refractivity contribution is 7.92. The molecule has 0 saturated heterocycles. The van der Waals surface area contributed by atoms with Crippen LogP contribution < -0.4 is 9.62 Å². The lowest BCUT2D eigenvalue weighted by atomic mass is 10.0. The van der Waals surface area contributed by atoms with Gasteiger partial charge in [-0.2, -0.15) is 0 Å². The lowest BCUT2D eigenvalue weighted by Crippen LogP contribution is -2.35. The zero-order valence-corrected chi connectivity index (χ0v) is 18.2. The minimum absolute atomic E-state index is 0.0731. The van der Waals surface area contributed by atoms with Gasteiger partial charge < -0.3 is 4.90 Å². The highest BCUT2D eigenvalue weighted by Crippen LogP contribution is 2.32. The summed E-state index contributed by atoms with van der Waals surface area (Å²) in [5.74, 6) is -0.0731. The predicted octanol–water partition coefficient (Wildman–Crippen LogP) is 5.23. The number of hydrogen-bond acceptors (Lipinski definition) is 3. The lowest BCUT2D eigenvalue weighted by Gasteiger charge is -2.30. The number of nitrogens with zero attached hydrogens (tertiary/aromatic N) is 1. The Bertz CT molecular complexity index is 1410. The molecule has 0 atom stereocenters. The Balaban J connectivity index is 1.47. The van der Waals surface area contributed by atoms with Crippen molar-refractivity contribution in [2.45, 2.75) is 17.7 Å². The number of amides is 1. The SMILES string of the molecule is O=C(c1ccccc1)N1CCCc2cc(S(=O)(=O)Nc3cccc4ccccc34)ccc21. The van der Waals surface area contributed by atoms with Gasteiger partial charge >= 0.3 is 0 Å². The van der Waals surface area contributed by atoms with Crippen molar-refractivity contribution in [3.8, 4) is 0 Å². The van der Waals surface area contributed by atoms with Gasteiger partial charge in [0.05, 0.1) is 10.6 Å². The number of anilines is 2. The molecule has 0 aromatic heterocycles. The molecule has 1 amide bonds. The number of carbonyl (C=O) groups excluding carboxylic acids is 1. The van der Waals surface area contributed by atoms with Crippen molar-refractivity contribution < 1.29 is 13.2 Å². The first kappa shape index (κ1) is 20.3. The number of nitrogens with one attached hydrogen (secondary N) is 1. The standard InChI is InChI=1S/C26H22N2O3S/c29-26(20-9-2-1-3-10-20)28-17-7-12-21-18-22(15-16-25(21)28)32(30,31)27-24-14-6-11-19-8-4-5-13-23(19)24/h1-6,8-11,13-16,18,27H,7,12,17H2. The zero-order chi connectivity index (χ0) is 22.1. The summed E-state index contributed by atoms with van der Waals surface area (Å²) in [6.45, 7) is 0.612. The van der Waals surface area contributed by atoms with Gasteiger partial charge in [-0.15, -0.1) is 0 Å². The number of benzene rings is 4. The van der Waals surface area contributed by atoms with Crippen LogP contribution in [0.15, 0.2) is 95.9 Å². The Labute approximate surface area is 187 Å². The van der Waals surface area contributed by atoms with E-state index < -0.39 is 10.0 Å². The summed E-state index contributed by atoms with van der Waals surface area (Å²) in [7, 11) is -3.78. The van der Waals surface area contributed by atoms with Crippen LogP contribution in [0.1, 0.15) is 22.3 Å². The molecule has 1 aliphatic heterocycles. The molecule has 0 fully saturated rings. The zero-order valence-electron chi connectivity index (χ0n) is 17.4. The molecule has 32 heavy (non-hydrogen) atoms. The fourth-order valence-corrected chi connectivity index (χ4v) is 5.34. The van der Waals surface area contributed by atoms with Gasteiger partial charge in [0.1, 0.15) is 0 Å². The normalized spacial score (nSPS) is 13.6. The second kappa shape index (κ2) is 8.13. The Morgan fingerprint density at radius 2 is 1.59 bits per heavy atom. The van der Waals surface area contributed by atoms with Crippen molar-refractivity contribution in [1.82, 2.24) is 0 Å². The van der Waals surface area contributed by atoms with Gasteiger partial charge in [-0.05, 0) is 60.2 Å². The molecule has 0 saturated carbocycles. The fraction of sp³-hybridized carbons (Fsp3) is 0.115. The monoisotopic (exact) mass is 442 g/mol. The number of fused-ring (bicyclic) bond motifs is 2. The van der Waals surface area contributed by atoms with Gasteiger partial charge in [0.15, 0.2) is 0 Å². The van der Waals surface area contributed by atoms with Crippen molar-refractivity contribution in [3.63, 3.8) is 0 Å². The van der Waals surface area contributed by atoms with Gasteiger partial charge in [-0.3, -0.25) is 9.52 Å². The van der Waals surface area contributed by atoms with Crippen LogP contribution in [0.3, 0.4) is 0 Å². The Hall–Kier alpha value is -3.64. The first-order valence-corrected chi connectivity index (χ1v) is 12.0. The molecule has 6 heteroatoms. The molecular formula is C26H22N2O3S. The van der Waals surface area contributed by atoms with Crippen LogP contribution in [0.25, 0.3) is 10.8 Å². The average Bonchev–Trinajstić information content (AvgIpc) is 2.83. The molecule has 0 spiro atoms. The van der Waals surface area contributed by atoms with E-state index in [1.165, 1.54) is 0 Å². The molecule has 0 bridgehead atoms. The molecule has 1 aliphatic rings. The van der Waals surface area contributed by atoms with E-state index in [4.69, 9.17) is 0 Å². The maximum atomic E-state index is 13.2. The molecule has 5 nitrogen and oxygen atoms in total. The molecule has 5 rings (SSSR count). The number of aryl methyl sites for hydroxylation is 1. The third-order valence-corrected chi connectivity index (χ3v) is 7.14. The molecule has 160 valence electrons. The minimum Gasteiger partial charge on any atom is -0.308 e. The summed E-state index contributed by atoms with van der Waals surface area (Å²) in [6, 6.07) is 27.3. The number of hydrogen-bond donors (Lipinski definition) is 1. The third-order valence-electron chi connectivity index (χ3n) is 5.78. The van der Waals surface area contributed by atoms with Crippen molar-refractivity contribution in [1.29, 1.82) is 0 Å². The largest absolute Gasteiger partial charge is 0.308 e. The van der Waals surface area contributed by atoms with Crippen LogP contribution in [0.2, 0.25) is 0 Å². The maximum absolute atomic E-state index is 13.2. The summed E-state index contributed by atoms with van der Waals surface area (Å²) in [4.78, 5) is 14.9. The van der Waals surface area contributed by atoms with Crippen molar-refractivity contribution in [2.75, 3.05) is 16.2 Å². The summed E-state index contributed by atoms with van der Waals surface area (Å²) < 4.78 is 29.1. The number of sulfonamides is 1. The molecule has 4 aromatic carbocycles. The Morgan fingerprint density at radius 1 is 0.844 bits per heavy atom. The van der Waals surface area contributed by atoms with Crippen molar-refractivity contribution in [3.05, 3.63) is 102 Å². The highest BCUT2D eigenvalue weighted by Gasteiger charge is 2.25. The van der Waals surface area contributed by atoms with Gasteiger partial charge in [0.25, 0.3) is 15.9 Å². The van der Waals surface area contributed by atoms with Crippen LogP contribution >= 0.6 is 0 Å². The first-order valence-electron chi connectivity index (χ1n) is 10.5. The molecule has 4 aromatic rings. The second-order valence-electron chi connectivity index (χ2n) is 7.85. The van der Waals surface area contributed by atoms with Crippen molar-refractivity contribution in [2.24, 2.45) is 0 Å². The third kappa shape index (κ3) is 3.74. The lowest BCUT2D eigenvalue weighted by molar-refractivity contribution is 0.0985. The van der Waals surface area contributed by atoms with E-state index >= 15 is 0 Å². The minimum atomic E-state index is -3.78. The van der Waals surface area contributed by atoms with Gasteiger partial charge in [-0.1, -0.05) is 54.6 Å². The van der Waals surface area contributed by atoms with Gasteiger partial charge in [-0.25, -0.2) is 8.42 Å². The predicted molar refractivity (Wildman–Crippen MR) is 128 cm³/mol. The molecule has 0 aliphatic carbocycles. The van der Waals surface area contributed by atoms with E-state index in [-0.39, 0.29) is 10.8 Å². The Kier molecular flexibility index (Phi) is 5.15. The Morgan fingerprint density at radius 3 is 2.44 bits per heavy atom. The van der Waals surface area contributed by atoms with E-state index in [2.05, 4.69) is 4.72 Å². The van der Waals surface area contributed by atoms with E-state index in [0.29, 0.717) is 17.8 Å². The molecule has 0 unspecified atom stereocenters. The highest BCUT2D eigenvalue weighted by atomic mass is 32.2. The topological polar surface area (TPSA) is 66.5 Å². The van der Waals surface area contributed by atoms with Crippen LogP contribution in [-0.4, -0.2) is 20.9 Å². The van der Waals surface area contributed by atoms with E-state index in [1.54, 1.807) is 41.3 Å². The van der Waals surface area contributed by atoms with Crippen LogP contribution in [-0.2, 0) is 16.4 Å². The average molecular weight is 443 g/mol. The van der Waals surface area contributed by atoms with Crippen LogP contribution in [0.4, 0.5) is 11.4 Å². The summed E-state index contributed by atoms with van der Waals surface area (Å²) >= 11 is 0. The molecular weight excluding hydrogens is 420 g/mol. The summed E-state index contributed by atoms with van der Waals surface area (Å²) in [6.07, 6.45) is 1.51. The molecule has 1 N–H and O–H groups in total. The van der Waals surface area contributed by atoms with Crippen molar-refractivity contribution >= 4 is 38.1 Å². The summed E-state index contributed by atoms with van der Waals surface area (Å²) in [5.41, 5.74) is 2.80. The maximum Gasteiger partial charge on any atom is 0.261 e. The van der Waals surface area contributed by atoms with Gasteiger partial charge in [0.2, 0.25) is 0 Å².